The van der Waals surface area contributed by atoms with Crippen molar-refractivity contribution < 1.29 is 5.11 Å². The Morgan fingerprint density at radius 1 is 1.18 bits per heavy atom. The molecule has 1 aromatic carbocycles. The molecule has 0 radical (unpaired) electrons. The van der Waals surface area contributed by atoms with Crippen molar-refractivity contribution in [3.63, 3.8) is 0 Å². The molecule has 0 bridgehead atoms. The van der Waals surface area contributed by atoms with Crippen LogP contribution in [-0.4, -0.2) is 5.11 Å². The molecule has 1 heterocycles. The van der Waals surface area contributed by atoms with Crippen LogP contribution in [0.2, 0.25) is 0 Å². The molecule has 1 aromatic heterocycles. The minimum absolute atomic E-state index is 0.740. The minimum Gasteiger partial charge on any atom is -0.385 e. The van der Waals surface area contributed by atoms with Gasteiger partial charge >= 0.3 is 0 Å². The fourth-order valence-electron chi connectivity index (χ4n) is 1.88. The molecular weight excluding hydrogens is 228 g/mol. The Morgan fingerprint density at radius 3 is 2.47 bits per heavy atom. The van der Waals surface area contributed by atoms with E-state index in [-0.39, 0.29) is 0 Å². The van der Waals surface area contributed by atoms with Crippen LogP contribution in [0.1, 0.15) is 30.0 Å². The first-order valence-corrected chi connectivity index (χ1v) is 6.83. The van der Waals surface area contributed by atoms with Crippen LogP contribution in [0, 0.1) is 6.92 Å². The van der Waals surface area contributed by atoms with Crippen LogP contribution in [0.3, 0.4) is 0 Å². The van der Waals surface area contributed by atoms with Crippen molar-refractivity contribution in [1.29, 1.82) is 0 Å². The largest absolute Gasteiger partial charge is 0.385 e. The maximum absolute atomic E-state index is 10.5. The number of rotatable bonds is 4. The van der Waals surface area contributed by atoms with Gasteiger partial charge in [0.05, 0.1) is 5.60 Å². The van der Waals surface area contributed by atoms with Gasteiger partial charge in [-0.25, -0.2) is 0 Å². The van der Waals surface area contributed by atoms with Crippen molar-refractivity contribution in [1.82, 2.24) is 0 Å². The normalized spacial score (nSPS) is 14.5. The lowest BCUT2D eigenvalue weighted by atomic mass is 9.89. The number of thiophene rings is 1. The van der Waals surface area contributed by atoms with Gasteiger partial charge in [0.2, 0.25) is 0 Å². The first-order chi connectivity index (χ1) is 8.08. The Kier molecular flexibility index (Phi) is 3.65. The van der Waals surface area contributed by atoms with E-state index in [1.165, 1.54) is 11.1 Å². The highest BCUT2D eigenvalue weighted by atomic mass is 32.1. The molecular formula is C15H18OS. The Bertz CT molecular complexity index is 454. The molecule has 2 heteroatoms. The Morgan fingerprint density at radius 2 is 1.88 bits per heavy atom. The van der Waals surface area contributed by atoms with Gasteiger partial charge in [0, 0.05) is 0 Å². The molecule has 2 aromatic rings. The van der Waals surface area contributed by atoms with Crippen LogP contribution < -0.4 is 0 Å². The Hall–Kier alpha value is -1.12. The van der Waals surface area contributed by atoms with Crippen LogP contribution >= 0.6 is 11.3 Å². The van der Waals surface area contributed by atoms with Crippen LogP contribution in [0.15, 0.2) is 41.1 Å². The summed E-state index contributed by atoms with van der Waals surface area (Å²) in [6.07, 6.45) is 1.68. The van der Waals surface area contributed by atoms with Crippen molar-refractivity contribution in [2.45, 2.75) is 32.3 Å². The van der Waals surface area contributed by atoms with Crippen molar-refractivity contribution in [2.24, 2.45) is 0 Å². The molecule has 2 rings (SSSR count). The molecule has 17 heavy (non-hydrogen) atoms. The molecule has 0 saturated carbocycles. The minimum atomic E-state index is -0.740. The van der Waals surface area contributed by atoms with Crippen LogP contribution in [-0.2, 0) is 12.0 Å². The molecule has 0 saturated heterocycles. The lowest BCUT2D eigenvalue weighted by Crippen LogP contribution is -2.21. The van der Waals surface area contributed by atoms with Gasteiger partial charge in [-0.15, -0.1) is 0 Å². The van der Waals surface area contributed by atoms with E-state index in [9.17, 15) is 5.11 Å². The molecule has 90 valence electrons. The fraction of sp³-hybridized carbons (Fsp3) is 0.333. The summed E-state index contributed by atoms with van der Waals surface area (Å²) < 4.78 is 0. The van der Waals surface area contributed by atoms with Gasteiger partial charge in [-0.3, -0.25) is 0 Å². The molecule has 0 aliphatic heterocycles. The Balaban J connectivity index is 2.05. The summed E-state index contributed by atoms with van der Waals surface area (Å²) in [6, 6.07) is 10.3. The van der Waals surface area contributed by atoms with E-state index in [0.29, 0.717) is 0 Å². The average molecular weight is 246 g/mol. The fourth-order valence-corrected chi connectivity index (χ4v) is 2.58. The summed E-state index contributed by atoms with van der Waals surface area (Å²) in [7, 11) is 0. The first-order valence-electron chi connectivity index (χ1n) is 5.88. The summed E-state index contributed by atoms with van der Waals surface area (Å²) >= 11 is 1.71. The van der Waals surface area contributed by atoms with E-state index in [1.54, 1.807) is 11.3 Å². The highest BCUT2D eigenvalue weighted by Gasteiger charge is 2.22. The van der Waals surface area contributed by atoms with Crippen molar-refractivity contribution >= 4 is 11.3 Å². The van der Waals surface area contributed by atoms with Crippen molar-refractivity contribution in [2.75, 3.05) is 0 Å². The number of benzene rings is 1. The maximum Gasteiger partial charge on any atom is 0.0871 e. The Labute approximate surface area is 107 Å². The molecule has 1 N–H and O–H groups in total. The quantitative estimate of drug-likeness (QED) is 0.867. The van der Waals surface area contributed by atoms with E-state index in [2.05, 4.69) is 23.8 Å². The van der Waals surface area contributed by atoms with E-state index in [4.69, 9.17) is 0 Å². The molecule has 0 amide bonds. The zero-order valence-electron chi connectivity index (χ0n) is 10.3. The number of aliphatic hydroxyl groups is 1. The molecule has 0 aliphatic carbocycles. The second kappa shape index (κ2) is 5.03. The third-order valence-electron chi connectivity index (χ3n) is 3.15. The number of aryl methyl sites for hydroxylation is 2. The molecule has 1 nitrogen and oxygen atoms in total. The number of hydrogen-bond acceptors (Lipinski definition) is 2. The summed E-state index contributed by atoms with van der Waals surface area (Å²) in [6.45, 7) is 3.95. The maximum atomic E-state index is 10.5. The van der Waals surface area contributed by atoms with Gasteiger partial charge in [-0.05, 0) is 54.6 Å². The third-order valence-corrected chi connectivity index (χ3v) is 3.89. The molecule has 0 fully saturated rings. The molecule has 1 atom stereocenters. The monoisotopic (exact) mass is 246 g/mol. The highest BCUT2D eigenvalue weighted by molar-refractivity contribution is 7.07. The van der Waals surface area contributed by atoms with Crippen LogP contribution in [0.5, 0.6) is 0 Å². The van der Waals surface area contributed by atoms with Crippen molar-refractivity contribution in [3.8, 4) is 0 Å². The summed E-state index contributed by atoms with van der Waals surface area (Å²) in [5.74, 6) is 0. The number of hydrogen-bond donors (Lipinski definition) is 1. The second-order valence-corrected chi connectivity index (χ2v) is 5.55. The second-order valence-electron chi connectivity index (χ2n) is 4.77. The highest BCUT2D eigenvalue weighted by Crippen LogP contribution is 2.26. The van der Waals surface area contributed by atoms with Gasteiger partial charge < -0.3 is 5.11 Å². The SMILES string of the molecule is Cc1ccc(C(C)(O)CCc2ccsc2)cc1. The third kappa shape index (κ3) is 3.18. The predicted octanol–water partition coefficient (Wildman–Crippen LogP) is 3.90. The zero-order valence-corrected chi connectivity index (χ0v) is 11.1. The van der Waals surface area contributed by atoms with Gasteiger partial charge in [-0.1, -0.05) is 29.8 Å². The molecule has 0 aliphatic rings. The molecule has 0 spiro atoms. The predicted molar refractivity (Wildman–Crippen MR) is 73.4 cm³/mol. The summed E-state index contributed by atoms with van der Waals surface area (Å²) in [4.78, 5) is 0. The topological polar surface area (TPSA) is 20.2 Å². The van der Waals surface area contributed by atoms with Gasteiger partial charge in [-0.2, -0.15) is 11.3 Å². The van der Waals surface area contributed by atoms with Gasteiger partial charge in [0.15, 0.2) is 0 Å². The van der Waals surface area contributed by atoms with E-state index in [0.717, 1.165) is 18.4 Å². The smallest absolute Gasteiger partial charge is 0.0871 e. The van der Waals surface area contributed by atoms with Gasteiger partial charge in [0.25, 0.3) is 0 Å². The zero-order chi connectivity index (χ0) is 12.3. The van der Waals surface area contributed by atoms with Crippen LogP contribution in [0.25, 0.3) is 0 Å². The first kappa shape index (κ1) is 12.3. The van der Waals surface area contributed by atoms with E-state index in [1.807, 2.05) is 31.2 Å². The summed E-state index contributed by atoms with van der Waals surface area (Å²) in [5.41, 5.74) is 2.79. The van der Waals surface area contributed by atoms with E-state index >= 15 is 0 Å². The van der Waals surface area contributed by atoms with Gasteiger partial charge in [0.1, 0.15) is 0 Å². The lowest BCUT2D eigenvalue weighted by molar-refractivity contribution is 0.0481. The average Bonchev–Trinajstić information content (AvgIpc) is 2.80. The standard InChI is InChI=1S/C15H18OS/c1-12-3-5-14(6-4-12)15(2,16)9-7-13-8-10-17-11-13/h3-6,8,10-11,16H,7,9H2,1-2H3. The van der Waals surface area contributed by atoms with E-state index < -0.39 is 5.60 Å². The summed E-state index contributed by atoms with van der Waals surface area (Å²) in [5, 5.41) is 14.7. The lowest BCUT2D eigenvalue weighted by Gasteiger charge is -2.23. The van der Waals surface area contributed by atoms with Crippen molar-refractivity contribution in [3.05, 3.63) is 57.8 Å². The molecule has 1 unspecified atom stereocenters. The van der Waals surface area contributed by atoms with Crippen LogP contribution in [0.4, 0.5) is 0 Å².